The Morgan fingerprint density at radius 3 is 1.97 bits per heavy atom. The lowest BCUT2D eigenvalue weighted by molar-refractivity contribution is -0.145. The lowest BCUT2D eigenvalue weighted by Gasteiger charge is -2.36. The minimum Gasteiger partial charge on any atom is -0.480 e. The summed E-state index contributed by atoms with van der Waals surface area (Å²) in [5.74, 6) is -1.61. The molecule has 2 aromatic carbocycles. The first-order valence-electron chi connectivity index (χ1n) is 12.6. The molecule has 0 bridgehead atoms. The number of aliphatic carboxylic acids is 1. The summed E-state index contributed by atoms with van der Waals surface area (Å²) in [6.07, 6.45) is 4.95. The number of hydrogen-bond acceptors (Lipinski definition) is 4. The molecule has 2 atom stereocenters. The highest BCUT2D eigenvalue weighted by Gasteiger charge is 2.38. The van der Waals surface area contributed by atoms with Crippen LogP contribution in [-0.2, 0) is 14.3 Å². The third-order valence-corrected chi connectivity index (χ3v) is 8.05. The predicted molar refractivity (Wildman–Crippen MR) is 131 cm³/mol. The van der Waals surface area contributed by atoms with Crippen LogP contribution in [0.3, 0.4) is 0 Å². The second-order valence-corrected chi connectivity index (χ2v) is 10.0. The van der Waals surface area contributed by atoms with Crippen LogP contribution in [0.25, 0.3) is 11.1 Å². The first-order chi connectivity index (χ1) is 17.0. The van der Waals surface area contributed by atoms with Crippen LogP contribution in [0.1, 0.15) is 55.6 Å². The van der Waals surface area contributed by atoms with E-state index in [9.17, 15) is 19.5 Å². The molecule has 3 aliphatic carbocycles. The molecule has 0 heterocycles. The van der Waals surface area contributed by atoms with Crippen LogP contribution in [-0.4, -0.2) is 42.3 Å². The maximum atomic E-state index is 13.0. The lowest BCUT2D eigenvalue weighted by atomic mass is 9.74. The van der Waals surface area contributed by atoms with E-state index in [2.05, 4.69) is 34.9 Å². The molecule has 7 heteroatoms. The first kappa shape index (κ1) is 23.4. The Hall–Kier alpha value is -3.35. The number of carboxylic acid groups (broad SMARTS) is 1. The summed E-state index contributed by atoms with van der Waals surface area (Å²) in [6, 6.07) is 15.5. The highest BCUT2D eigenvalue weighted by molar-refractivity contribution is 5.86. The lowest BCUT2D eigenvalue weighted by Crippen LogP contribution is -2.53. The number of carbonyl (C=O) groups is 3. The highest BCUT2D eigenvalue weighted by Crippen LogP contribution is 2.44. The number of ether oxygens (including phenoxy) is 1. The maximum absolute atomic E-state index is 13.0. The Kier molecular flexibility index (Phi) is 6.75. The monoisotopic (exact) mass is 476 g/mol. The van der Waals surface area contributed by atoms with Crippen LogP contribution in [0.15, 0.2) is 48.5 Å². The smallest absolute Gasteiger partial charge is 0.407 e. The first-order valence-corrected chi connectivity index (χ1v) is 12.6. The molecule has 3 N–H and O–H groups in total. The van der Waals surface area contributed by atoms with E-state index in [1.165, 1.54) is 11.1 Å². The van der Waals surface area contributed by atoms with Crippen LogP contribution in [0.4, 0.5) is 4.79 Å². The van der Waals surface area contributed by atoms with Crippen molar-refractivity contribution in [2.24, 2.45) is 17.8 Å². The zero-order valence-electron chi connectivity index (χ0n) is 19.7. The van der Waals surface area contributed by atoms with Crippen molar-refractivity contribution in [2.45, 2.75) is 50.5 Å². The van der Waals surface area contributed by atoms with E-state index in [-0.39, 0.29) is 36.8 Å². The standard InChI is InChI=1S/C28H32N2O5/c31-26(30-25(27(32)33)18-9-6-10-18)23(17-7-5-8-17)15-29-28(34)35-16-24-21-13-3-1-11-19(21)20-12-2-4-14-22(20)24/h1-4,11-14,17-18,23-25H,5-10,15-16H2,(H,29,34)(H,30,31)(H,32,33). The fourth-order valence-corrected chi connectivity index (χ4v) is 5.57. The molecule has 0 saturated heterocycles. The Balaban J connectivity index is 1.18. The van der Waals surface area contributed by atoms with Gasteiger partial charge in [-0.3, -0.25) is 4.79 Å². The molecule has 0 aromatic heterocycles. The second-order valence-electron chi connectivity index (χ2n) is 10.0. The number of carbonyl (C=O) groups excluding carboxylic acids is 2. The minimum atomic E-state index is -0.986. The Labute approximate surface area is 205 Å². The fraction of sp³-hybridized carbons (Fsp3) is 0.464. The van der Waals surface area contributed by atoms with E-state index in [1.54, 1.807) is 0 Å². The minimum absolute atomic E-state index is 0.00594. The van der Waals surface area contributed by atoms with Crippen molar-refractivity contribution in [1.82, 2.24) is 10.6 Å². The molecule has 2 aromatic rings. The van der Waals surface area contributed by atoms with Crippen LogP contribution in [0.2, 0.25) is 0 Å². The van der Waals surface area contributed by atoms with Gasteiger partial charge in [0.1, 0.15) is 12.6 Å². The fourth-order valence-electron chi connectivity index (χ4n) is 5.57. The highest BCUT2D eigenvalue weighted by atomic mass is 16.5. The molecule has 35 heavy (non-hydrogen) atoms. The van der Waals surface area contributed by atoms with Crippen molar-refractivity contribution in [3.63, 3.8) is 0 Å². The number of nitrogens with one attached hydrogen (secondary N) is 2. The average Bonchev–Trinajstić information content (AvgIpc) is 3.11. The molecule has 2 fully saturated rings. The number of carboxylic acids is 1. The zero-order valence-corrected chi connectivity index (χ0v) is 19.7. The molecule has 0 spiro atoms. The quantitative estimate of drug-likeness (QED) is 0.500. The molecular formula is C28H32N2O5. The van der Waals surface area contributed by atoms with E-state index in [1.807, 2.05) is 24.3 Å². The van der Waals surface area contributed by atoms with Gasteiger partial charge in [0, 0.05) is 12.5 Å². The van der Waals surface area contributed by atoms with Gasteiger partial charge in [-0.1, -0.05) is 61.4 Å². The van der Waals surface area contributed by atoms with E-state index in [4.69, 9.17) is 4.74 Å². The second kappa shape index (κ2) is 10.1. The van der Waals surface area contributed by atoms with E-state index < -0.39 is 24.0 Å². The van der Waals surface area contributed by atoms with Gasteiger partial charge in [0.15, 0.2) is 0 Å². The van der Waals surface area contributed by atoms with E-state index in [0.717, 1.165) is 49.7 Å². The number of hydrogen-bond donors (Lipinski definition) is 3. The Morgan fingerprint density at radius 1 is 0.886 bits per heavy atom. The van der Waals surface area contributed by atoms with Crippen LogP contribution in [0.5, 0.6) is 0 Å². The number of fused-ring (bicyclic) bond motifs is 3. The molecule has 5 rings (SSSR count). The summed E-state index contributed by atoms with van der Waals surface area (Å²) >= 11 is 0. The molecule has 2 saturated carbocycles. The van der Waals surface area contributed by atoms with Gasteiger partial charge in [-0.05, 0) is 59.8 Å². The van der Waals surface area contributed by atoms with Gasteiger partial charge in [0.25, 0.3) is 0 Å². The van der Waals surface area contributed by atoms with Gasteiger partial charge in [-0.15, -0.1) is 0 Å². The topological polar surface area (TPSA) is 105 Å². The normalized spacial score (nSPS) is 18.9. The van der Waals surface area contributed by atoms with Crippen molar-refractivity contribution in [3.8, 4) is 11.1 Å². The average molecular weight is 477 g/mol. The summed E-state index contributed by atoms with van der Waals surface area (Å²) < 4.78 is 5.61. The van der Waals surface area contributed by atoms with Crippen molar-refractivity contribution >= 4 is 18.0 Å². The predicted octanol–water partition coefficient (Wildman–Crippen LogP) is 4.31. The summed E-state index contributed by atoms with van der Waals surface area (Å²) in [5, 5.41) is 15.1. The van der Waals surface area contributed by atoms with Gasteiger partial charge in [-0.2, -0.15) is 0 Å². The molecule has 3 aliphatic rings. The molecular weight excluding hydrogens is 444 g/mol. The third-order valence-electron chi connectivity index (χ3n) is 8.05. The van der Waals surface area contributed by atoms with Crippen molar-refractivity contribution in [1.29, 1.82) is 0 Å². The molecule has 7 nitrogen and oxygen atoms in total. The Bertz CT molecular complexity index is 1060. The summed E-state index contributed by atoms with van der Waals surface area (Å²) in [4.78, 5) is 37.3. The zero-order chi connectivity index (χ0) is 24.4. The molecule has 2 unspecified atom stereocenters. The third kappa shape index (κ3) is 4.77. The number of alkyl carbamates (subject to hydrolysis) is 1. The van der Waals surface area contributed by atoms with Crippen molar-refractivity contribution < 1.29 is 24.2 Å². The largest absolute Gasteiger partial charge is 0.480 e. The van der Waals surface area contributed by atoms with Crippen molar-refractivity contribution in [2.75, 3.05) is 13.2 Å². The van der Waals surface area contributed by atoms with Gasteiger partial charge >= 0.3 is 12.1 Å². The summed E-state index contributed by atoms with van der Waals surface area (Å²) in [6.45, 7) is 0.354. The molecule has 0 aliphatic heterocycles. The van der Waals surface area contributed by atoms with E-state index >= 15 is 0 Å². The maximum Gasteiger partial charge on any atom is 0.407 e. The van der Waals surface area contributed by atoms with E-state index in [0.29, 0.717) is 0 Å². The van der Waals surface area contributed by atoms with Gasteiger partial charge in [0.05, 0.1) is 5.92 Å². The van der Waals surface area contributed by atoms with Crippen molar-refractivity contribution in [3.05, 3.63) is 59.7 Å². The number of amides is 2. The molecule has 2 amide bonds. The van der Waals surface area contributed by atoms with Crippen LogP contribution in [0, 0.1) is 17.8 Å². The SMILES string of the molecule is O=C(NCC(C(=O)NC(C(=O)O)C1CCC1)C1CCC1)OCC1c2ccccc2-c2ccccc21. The summed E-state index contributed by atoms with van der Waals surface area (Å²) in [7, 11) is 0. The van der Waals surface area contributed by atoms with Gasteiger partial charge in [0.2, 0.25) is 5.91 Å². The van der Waals surface area contributed by atoms with Crippen LogP contribution >= 0.6 is 0 Å². The van der Waals surface area contributed by atoms with Gasteiger partial charge in [-0.25, -0.2) is 9.59 Å². The Morgan fingerprint density at radius 2 is 1.46 bits per heavy atom. The molecule has 0 radical (unpaired) electrons. The van der Waals surface area contributed by atoms with Crippen LogP contribution < -0.4 is 10.6 Å². The number of rotatable bonds is 9. The summed E-state index contributed by atoms with van der Waals surface area (Å²) in [5.41, 5.74) is 4.62. The van der Waals surface area contributed by atoms with Gasteiger partial charge < -0.3 is 20.5 Å². The number of benzene rings is 2. The molecule has 184 valence electrons.